The number of carbonyl (C=O) groups is 1. The Morgan fingerprint density at radius 1 is 1.36 bits per heavy atom. The van der Waals surface area contributed by atoms with Crippen molar-refractivity contribution in [3.05, 3.63) is 34.7 Å². The number of halogens is 3. The molecule has 0 saturated heterocycles. The smallest absolute Gasteiger partial charge is 0.335 e. The Morgan fingerprint density at radius 2 is 2.14 bits per heavy atom. The zero-order valence-electron chi connectivity index (χ0n) is 14.9. The van der Waals surface area contributed by atoms with E-state index in [4.69, 9.17) is 4.98 Å². The standard InChI is InChI=1S/C17H17F3N5O2S/c1-8-5-6-10-13(8)22-11-4-2-3-9(11)14(10)23-17(26)24-28(27)12-7-21-25(15(12)18)16(19)20/h7-8,16H,2-6H2,1H3,(H,22,23,26)/q-1/t8-/m1/s1. The summed E-state index contributed by atoms with van der Waals surface area (Å²) >= 11 is 0. The number of pyridine rings is 1. The average Bonchev–Trinajstić information content (AvgIpc) is 3.34. The van der Waals surface area contributed by atoms with E-state index >= 15 is 0 Å². The number of rotatable bonds is 3. The highest BCUT2D eigenvalue weighted by Crippen LogP contribution is 2.41. The van der Waals surface area contributed by atoms with Crippen LogP contribution in [0.2, 0.25) is 0 Å². The maximum atomic E-state index is 13.8. The minimum atomic E-state index is -3.22. The Bertz CT molecular complexity index is 1050. The number of fused-ring (bicyclic) bond motifs is 2. The second-order valence-corrected chi connectivity index (χ2v) is 7.98. The van der Waals surface area contributed by atoms with Gasteiger partial charge in [-0.15, -0.1) is 10.6 Å². The minimum absolute atomic E-state index is 0.218. The van der Waals surface area contributed by atoms with Crippen molar-refractivity contribution < 1.29 is 22.2 Å². The van der Waals surface area contributed by atoms with Crippen molar-refractivity contribution in [3.8, 4) is 0 Å². The first-order valence-corrected chi connectivity index (χ1v) is 9.97. The summed E-state index contributed by atoms with van der Waals surface area (Å²) < 4.78 is 54.4. The number of carbonyl (C=O) groups excluding carboxylic acids is 1. The molecule has 1 atom stereocenters. The summed E-state index contributed by atoms with van der Waals surface area (Å²) in [5, 5.41) is 5.81. The zero-order chi connectivity index (χ0) is 20.0. The monoisotopic (exact) mass is 412 g/mol. The molecule has 0 aliphatic heterocycles. The number of nitrogens with zero attached hydrogens (tertiary/aromatic N) is 4. The highest BCUT2D eigenvalue weighted by Gasteiger charge is 2.29. The van der Waals surface area contributed by atoms with Crippen LogP contribution in [0.15, 0.2) is 15.5 Å². The molecule has 4 rings (SSSR count). The van der Waals surface area contributed by atoms with E-state index in [1.807, 2.05) is 0 Å². The molecule has 2 aliphatic carbocycles. The molecule has 0 unspecified atom stereocenters. The molecule has 28 heavy (non-hydrogen) atoms. The maximum Gasteiger partial charge on any atom is 0.335 e. The molecular formula is C17H17F3N5O2S-. The average molecular weight is 412 g/mol. The minimum Gasteiger partial charge on any atom is -0.439 e. The van der Waals surface area contributed by atoms with Gasteiger partial charge in [-0.25, -0.2) is 4.79 Å². The molecule has 7 nitrogen and oxygen atoms in total. The van der Waals surface area contributed by atoms with E-state index in [0.29, 0.717) is 11.9 Å². The van der Waals surface area contributed by atoms with Gasteiger partial charge in [0.05, 0.1) is 5.69 Å². The number of anilines is 1. The predicted molar refractivity (Wildman–Crippen MR) is 94.2 cm³/mol. The van der Waals surface area contributed by atoms with E-state index in [-0.39, 0.29) is 10.6 Å². The molecule has 0 saturated carbocycles. The predicted octanol–water partition coefficient (Wildman–Crippen LogP) is 4.09. The number of hydrogen-bond donors (Lipinski definition) is 1. The fraction of sp³-hybridized carbons (Fsp3) is 0.471. The molecule has 2 heterocycles. The highest BCUT2D eigenvalue weighted by atomic mass is 32.2. The number of urea groups is 1. The van der Waals surface area contributed by atoms with Gasteiger partial charge in [0.15, 0.2) is 0 Å². The molecule has 0 bridgehead atoms. The van der Waals surface area contributed by atoms with E-state index in [1.165, 1.54) is 0 Å². The van der Waals surface area contributed by atoms with E-state index < -0.39 is 34.0 Å². The van der Waals surface area contributed by atoms with Crippen LogP contribution in [-0.2, 0) is 34.1 Å². The van der Waals surface area contributed by atoms with Crippen LogP contribution in [0.3, 0.4) is 0 Å². The molecule has 2 amide bonds. The van der Waals surface area contributed by atoms with Crippen LogP contribution in [0, 0.1) is 5.95 Å². The molecule has 0 fully saturated rings. The first kappa shape index (κ1) is 18.9. The summed E-state index contributed by atoms with van der Waals surface area (Å²) in [6, 6.07) is -0.926. The second-order valence-electron chi connectivity index (χ2n) is 6.86. The molecule has 2 aliphatic rings. The number of amides is 2. The summed E-state index contributed by atoms with van der Waals surface area (Å²) in [4.78, 5) is 16.4. The molecule has 0 radical (unpaired) electrons. The van der Waals surface area contributed by atoms with E-state index in [1.54, 1.807) is 0 Å². The van der Waals surface area contributed by atoms with Crippen molar-refractivity contribution in [2.75, 3.05) is 5.32 Å². The second kappa shape index (κ2) is 7.19. The molecule has 0 spiro atoms. The topological polar surface area (TPSA) is 89.2 Å². The maximum absolute atomic E-state index is 13.8. The van der Waals surface area contributed by atoms with Crippen LogP contribution in [0.5, 0.6) is 0 Å². The molecule has 150 valence electrons. The summed E-state index contributed by atoms with van der Waals surface area (Å²) in [5.41, 5.74) is 4.48. The lowest BCUT2D eigenvalue weighted by atomic mass is 10.0. The Morgan fingerprint density at radius 3 is 2.86 bits per heavy atom. The van der Waals surface area contributed by atoms with E-state index in [2.05, 4.69) is 21.7 Å². The van der Waals surface area contributed by atoms with Crippen LogP contribution in [0.25, 0.3) is 0 Å². The Labute approximate surface area is 160 Å². The van der Waals surface area contributed by atoms with E-state index in [0.717, 1.165) is 54.6 Å². The van der Waals surface area contributed by atoms with Gasteiger partial charge in [-0.3, -0.25) is 4.98 Å². The Balaban J connectivity index is 1.64. The van der Waals surface area contributed by atoms with Gasteiger partial charge in [-0.2, -0.15) is 23.0 Å². The van der Waals surface area contributed by atoms with Gasteiger partial charge < -0.3 is 13.9 Å². The fourth-order valence-electron chi connectivity index (χ4n) is 3.79. The molecular weight excluding hydrogens is 395 g/mol. The first-order valence-electron chi connectivity index (χ1n) is 8.87. The van der Waals surface area contributed by atoms with Crippen LogP contribution in [0.1, 0.15) is 54.7 Å². The van der Waals surface area contributed by atoms with Crippen LogP contribution in [0.4, 0.5) is 23.7 Å². The van der Waals surface area contributed by atoms with Gasteiger partial charge in [0.2, 0.25) is 5.95 Å². The van der Waals surface area contributed by atoms with Gasteiger partial charge in [0.25, 0.3) is 0 Å². The Hall–Kier alpha value is -2.43. The number of nitrogens with one attached hydrogen (secondary N) is 1. The molecule has 2 aromatic heterocycles. The van der Waals surface area contributed by atoms with Crippen LogP contribution >= 0.6 is 0 Å². The molecule has 2 aromatic rings. The number of aromatic nitrogens is 3. The SMILES string of the molecule is C[C@@H]1CCc2c1nc1c(c2NC(=O)N=[S-](=O)c2cnn(C(F)F)c2F)CCC1. The summed E-state index contributed by atoms with van der Waals surface area (Å²) in [6.45, 7) is -1.14. The Kier molecular flexibility index (Phi) is 4.86. The van der Waals surface area contributed by atoms with Gasteiger partial charge in [0.1, 0.15) is 0 Å². The summed E-state index contributed by atoms with van der Waals surface area (Å²) in [7, 11) is -2.49. The largest absolute Gasteiger partial charge is 0.439 e. The van der Waals surface area contributed by atoms with Crippen molar-refractivity contribution in [1.82, 2.24) is 14.8 Å². The van der Waals surface area contributed by atoms with Gasteiger partial charge in [0, 0.05) is 17.6 Å². The zero-order valence-corrected chi connectivity index (χ0v) is 15.7. The lowest BCUT2D eigenvalue weighted by Gasteiger charge is -2.15. The van der Waals surface area contributed by atoms with Crippen molar-refractivity contribution in [2.24, 2.45) is 4.36 Å². The molecule has 0 aromatic carbocycles. The number of aryl methyl sites for hydroxylation is 1. The summed E-state index contributed by atoms with van der Waals surface area (Å²) in [5.74, 6) is -1.19. The van der Waals surface area contributed by atoms with Gasteiger partial charge in [-0.05, 0) is 54.0 Å². The van der Waals surface area contributed by atoms with Crippen molar-refractivity contribution in [1.29, 1.82) is 0 Å². The van der Waals surface area contributed by atoms with Crippen LogP contribution < -0.4 is 5.32 Å². The third kappa shape index (κ3) is 3.17. The number of hydrogen-bond acceptors (Lipinski definition) is 5. The van der Waals surface area contributed by atoms with Crippen LogP contribution in [-0.4, -0.2) is 20.8 Å². The van der Waals surface area contributed by atoms with Crippen molar-refractivity contribution in [2.45, 2.75) is 56.4 Å². The van der Waals surface area contributed by atoms with E-state index in [9.17, 15) is 22.2 Å². The van der Waals surface area contributed by atoms with Crippen molar-refractivity contribution in [3.63, 3.8) is 0 Å². The third-order valence-electron chi connectivity index (χ3n) is 5.13. The number of alkyl halides is 2. The molecule has 1 N–H and O–H groups in total. The molecule has 11 heteroatoms. The third-order valence-corrected chi connectivity index (χ3v) is 6.11. The fourth-order valence-corrected chi connectivity index (χ4v) is 4.46. The van der Waals surface area contributed by atoms with Gasteiger partial charge in [-0.1, -0.05) is 6.92 Å². The van der Waals surface area contributed by atoms with Crippen molar-refractivity contribution >= 4 is 22.3 Å². The summed E-state index contributed by atoms with van der Waals surface area (Å²) in [6.07, 6.45) is 4.92. The highest BCUT2D eigenvalue weighted by molar-refractivity contribution is 7.75. The first-order chi connectivity index (χ1) is 13.4. The quantitative estimate of drug-likeness (QED) is 0.769. The normalized spacial score (nSPS) is 19.1. The van der Waals surface area contributed by atoms with Gasteiger partial charge >= 0.3 is 12.6 Å². The lowest BCUT2D eigenvalue weighted by molar-refractivity contribution is 0.0431. The lowest BCUT2D eigenvalue weighted by Crippen LogP contribution is -2.13.